The Morgan fingerprint density at radius 3 is 2.77 bits per heavy atom. The van der Waals surface area contributed by atoms with Crippen molar-refractivity contribution in [3.63, 3.8) is 0 Å². The summed E-state index contributed by atoms with van der Waals surface area (Å²) in [5, 5.41) is 16.9. The number of hydrogen-bond acceptors (Lipinski definition) is 6. The van der Waals surface area contributed by atoms with Gasteiger partial charge in [-0.1, -0.05) is 11.2 Å². The van der Waals surface area contributed by atoms with Crippen molar-refractivity contribution < 1.29 is 14.7 Å². The average molecular weight is 326 g/mol. The van der Waals surface area contributed by atoms with E-state index >= 15 is 0 Å². The van der Waals surface area contributed by atoms with Crippen LogP contribution in [0, 0.1) is 0 Å². The van der Waals surface area contributed by atoms with Gasteiger partial charge in [0, 0.05) is 18.0 Å². The molecule has 8 heteroatoms. The van der Waals surface area contributed by atoms with Gasteiger partial charge in [-0.2, -0.15) is 0 Å². The SMILES string of the molecule is CC(C)(C)OC(=O)NC1CN(C(/C(N)=N/O)c2cccs2)C1. The van der Waals surface area contributed by atoms with Crippen LogP contribution in [0.1, 0.15) is 31.7 Å². The van der Waals surface area contributed by atoms with Crippen LogP contribution in [0.4, 0.5) is 4.79 Å². The highest BCUT2D eigenvalue weighted by molar-refractivity contribution is 7.10. The van der Waals surface area contributed by atoms with Gasteiger partial charge < -0.3 is 21.0 Å². The zero-order valence-corrected chi connectivity index (χ0v) is 13.8. The van der Waals surface area contributed by atoms with Crippen LogP contribution in [0.15, 0.2) is 22.7 Å². The first-order valence-corrected chi connectivity index (χ1v) is 7.92. The summed E-state index contributed by atoms with van der Waals surface area (Å²) in [5.74, 6) is 0.151. The summed E-state index contributed by atoms with van der Waals surface area (Å²) in [4.78, 5) is 14.8. The lowest BCUT2D eigenvalue weighted by Gasteiger charge is -2.43. The number of ether oxygens (including phenoxy) is 1. The van der Waals surface area contributed by atoms with E-state index in [1.807, 2.05) is 43.2 Å². The number of nitrogens with one attached hydrogen (secondary N) is 1. The van der Waals surface area contributed by atoms with E-state index < -0.39 is 11.7 Å². The fourth-order valence-electron chi connectivity index (χ4n) is 2.30. The molecule has 1 amide bonds. The normalized spacial score (nSPS) is 18.6. The van der Waals surface area contributed by atoms with Crippen molar-refractivity contribution in [2.75, 3.05) is 13.1 Å². The number of carbonyl (C=O) groups excluding carboxylic acids is 1. The Bertz CT molecular complexity index is 533. The maximum absolute atomic E-state index is 11.7. The molecule has 1 fully saturated rings. The second kappa shape index (κ2) is 6.53. The molecule has 2 rings (SSSR count). The lowest BCUT2D eigenvalue weighted by Crippen LogP contribution is -2.61. The topological polar surface area (TPSA) is 100 Å². The highest BCUT2D eigenvalue weighted by Gasteiger charge is 2.37. The van der Waals surface area contributed by atoms with E-state index in [1.165, 1.54) is 0 Å². The van der Waals surface area contributed by atoms with Crippen molar-refractivity contribution in [1.29, 1.82) is 0 Å². The molecule has 122 valence electrons. The van der Waals surface area contributed by atoms with Crippen LogP contribution < -0.4 is 11.1 Å². The third kappa shape index (κ3) is 4.11. The molecule has 7 nitrogen and oxygen atoms in total. The van der Waals surface area contributed by atoms with Crippen molar-refractivity contribution in [2.45, 2.75) is 38.5 Å². The van der Waals surface area contributed by atoms with Gasteiger partial charge in [0.25, 0.3) is 0 Å². The Labute approximate surface area is 133 Å². The number of carbonyl (C=O) groups is 1. The van der Waals surface area contributed by atoms with Gasteiger partial charge in [-0.3, -0.25) is 4.90 Å². The molecule has 1 atom stereocenters. The van der Waals surface area contributed by atoms with Crippen LogP contribution >= 0.6 is 11.3 Å². The van der Waals surface area contributed by atoms with E-state index in [4.69, 9.17) is 15.7 Å². The monoisotopic (exact) mass is 326 g/mol. The second-order valence-electron chi connectivity index (χ2n) is 6.24. The third-order valence-electron chi connectivity index (χ3n) is 3.20. The number of likely N-dealkylation sites (tertiary alicyclic amines) is 1. The number of amides is 1. The van der Waals surface area contributed by atoms with Crippen molar-refractivity contribution in [3.8, 4) is 0 Å². The fraction of sp³-hybridized carbons (Fsp3) is 0.571. The van der Waals surface area contributed by atoms with Crippen molar-refractivity contribution in [1.82, 2.24) is 10.2 Å². The summed E-state index contributed by atoms with van der Waals surface area (Å²) in [5.41, 5.74) is 5.29. The molecule has 0 saturated carbocycles. The second-order valence-corrected chi connectivity index (χ2v) is 7.22. The predicted octanol–water partition coefficient (Wildman–Crippen LogP) is 1.74. The van der Waals surface area contributed by atoms with E-state index in [2.05, 4.69) is 10.5 Å². The number of oxime groups is 1. The molecule has 1 aromatic rings. The molecule has 2 heterocycles. The smallest absolute Gasteiger partial charge is 0.407 e. The van der Waals surface area contributed by atoms with Crippen molar-refractivity contribution in [3.05, 3.63) is 22.4 Å². The molecule has 0 radical (unpaired) electrons. The van der Waals surface area contributed by atoms with Gasteiger partial charge in [0.2, 0.25) is 0 Å². The van der Waals surface area contributed by atoms with Crippen LogP contribution in [0.3, 0.4) is 0 Å². The highest BCUT2D eigenvalue weighted by Crippen LogP contribution is 2.29. The van der Waals surface area contributed by atoms with Crippen molar-refractivity contribution >= 4 is 23.3 Å². The molecule has 22 heavy (non-hydrogen) atoms. The maximum atomic E-state index is 11.7. The highest BCUT2D eigenvalue weighted by atomic mass is 32.1. The number of amidine groups is 1. The summed E-state index contributed by atoms with van der Waals surface area (Å²) in [6.07, 6.45) is -0.423. The van der Waals surface area contributed by atoms with Gasteiger partial charge in [0.1, 0.15) is 11.6 Å². The first-order valence-electron chi connectivity index (χ1n) is 7.04. The quantitative estimate of drug-likeness (QED) is 0.339. The Balaban J connectivity index is 1.90. The Morgan fingerprint density at radius 1 is 1.59 bits per heavy atom. The first-order chi connectivity index (χ1) is 10.3. The molecular weight excluding hydrogens is 304 g/mol. The van der Waals surface area contributed by atoms with E-state index in [0.29, 0.717) is 13.1 Å². The number of nitrogens with zero attached hydrogens (tertiary/aromatic N) is 2. The molecule has 0 aromatic carbocycles. The minimum Gasteiger partial charge on any atom is -0.444 e. The summed E-state index contributed by atoms with van der Waals surface area (Å²) in [7, 11) is 0. The van der Waals surface area contributed by atoms with E-state index in [1.54, 1.807) is 11.3 Å². The lowest BCUT2D eigenvalue weighted by atomic mass is 10.0. The van der Waals surface area contributed by atoms with Gasteiger partial charge in [0.05, 0.1) is 6.04 Å². The molecule has 1 aromatic heterocycles. The number of nitrogens with two attached hydrogens (primary N) is 1. The van der Waals surface area contributed by atoms with Gasteiger partial charge in [-0.15, -0.1) is 11.3 Å². The Hall–Kier alpha value is -1.80. The molecular formula is C14H22N4O3S. The minimum absolute atomic E-state index is 0.00352. The summed E-state index contributed by atoms with van der Waals surface area (Å²) in [6, 6.07) is 3.61. The van der Waals surface area contributed by atoms with Crippen LogP contribution in [-0.4, -0.2) is 46.8 Å². The molecule has 1 aliphatic rings. The molecule has 4 N–H and O–H groups in total. The standard InChI is InChI=1S/C14H22N4O3S/c1-14(2,3)21-13(19)16-9-7-18(8-9)11(12(15)17-20)10-5-4-6-22-10/h4-6,9,11,20H,7-8H2,1-3H3,(H2,15,17)(H,16,19). The lowest BCUT2D eigenvalue weighted by molar-refractivity contribution is 0.0374. The molecule has 1 unspecified atom stereocenters. The van der Waals surface area contributed by atoms with Crippen LogP contribution in [0.2, 0.25) is 0 Å². The summed E-state index contributed by atoms with van der Waals surface area (Å²) in [6.45, 7) is 6.72. The van der Waals surface area contributed by atoms with Crippen LogP contribution in [0.25, 0.3) is 0 Å². The molecule has 1 saturated heterocycles. The van der Waals surface area contributed by atoms with Gasteiger partial charge >= 0.3 is 6.09 Å². The van der Waals surface area contributed by atoms with Crippen LogP contribution in [-0.2, 0) is 4.74 Å². The van der Waals surface area contributed by atoms with E-state index in [-0.39, 0.29) is 17.9 Å². The summed E-state index contributed by atoms with van der Waals surface area (Å²) < 4.78 is 5.23. The number of alkyl carbamates (subject to hydrolysis) is 1. The Kier molecular flexibility index (Phi) is 4.92. The zero-order chi connectivity index (χ0) is 16.3. The van der Waals surface area contributed by atoms with E-state index in [0.717, 1.165) is 4.88 Å². The number of hydrogen-bond donors (Lipinski definition) is 3. The number of rotatable bonds is 4. The zero-order valence-electron chi connectivity index (χ0n) is 12.9. The maximum Gasteiger partial charge on any atom is 0.407 e. The fourth-order valence-corrected chi connectivity index (χ4v) is 3.17. The number of thiophene rings is 1. The molecule has 0 spiro atoms. The van der Waals surface area contributed by atoms with Gasteiger partial charge in [0.15, 0.2) is 5.84 Å². The summed E-state index contributed by atoms with van der Waals surface area (Å²) >= 11 is 1.55. The van der Waals surface area contributed by atoms with E-state index in [9.17, 15) is 4.79 Å². The largest absolute Gasteiger partial charge is 0.444 e. The van der Waals surface area contributed by atoms with Crippen molar-refractivity contribution in [2.24, 2.45) is 10.9 Å². The Morgan fingerprint density at radius 2 is 2.27 bits per heavy atom. The first kappa shape index (κ1) is 16.6. The molecule has 0 bridgehead atoms. The van der Waals surface area contributed by atoms with Gasteiger partial charge in [-0.25, -0.2) is 4.79 Å². The third-order valence-corrected chi connectivity index (χ3v) is 4.13. The van der Waals surface area contributed by atoms with Gasteiger partial charge in [-0.05, 0) is 32.2 Å². The predicted molar refractivity (Wildman–Crippen MR) is 85.2 cm³/mol. The minimum atomic E-state index is -0.513. The average Bonchev–Trinajstić information content (AvgIpc) is 2.87. The molecule has 0 aliphatic carbocycles. The van der Waals surface area contributed by atoms with Crippen LogP contribution in [0.5, 0.6) is 0 Å². The molecule has 1 aliphatic heterocycles.